The van der Waals surface area contributed by atoms with Crippen LogP contribution in [0, 0.1) is 51.7 Å². The van der Waals surface area contributed by atoms with Crippen molar-refractivity contribution < 1.29 is 22.0 Å². The van der Waals surface area contributed by atoms with Crippen LogP contribution in [0.25, 0.3) is 55.0 Å². The van der Waals surface area contributed by atoms with Crippen LogP contribution in [0.1, 0.15) is 11.1 Å². The Morgan fingerprint density at radius 2 is 1.15 bits per heavy atom. The van der Waals surface area contributed by atoms with E-state index in [-0.39, 0.29) is 16.6 Å². The van der Waals surface area contributed by atoms with E-state index in [1.54, 1.807) is 42.5 Å². The summed E-state index contributed by atoms with van der Waals surface area (Å²) in [4.78, 5) is 0. The van der Waals surface area contributed by atoms with Gasteiger partial charge >= 0.3 is 0 Å². The van der Waals surface area contributed by atoms with Gasteiger partial charge in [-0.25, -0.2) is 22.0 Å². The quantitative estimate of drug-likeness (QED) is 0.124. The molecule has 4 nitrogen and oxygen atoms in total. The van der Waals surface area contributed by atoms with Gasteiger partial charge in [-0.2, -0.15) is 10.5 Å². The fraction of sp³-hybridized carbons (Fsp3) is 0. The van der Waals surface area contributed by atoms with E-state index in [2.05, 4.69) is 6.07 Å². The third kappa shape index (κ3) is 3.17. The summed E-state index contributed by atoms with van der Waals surface area (Å²) < 4.78 is 76.0. The molecule has 7 aromatic rings. The number of halogens is 5. The maximum Gasteiger partial charge on any atom is 0.200 e. The Kier molecular flexibility index (Phi) is 5.15. The molecule has 0 radical (unpaired) electrons. The summed E-state index contributed by atoms with van der Waals surface area (Å²) in [6.07, 6.45) is 0. The highest BCUT2D eigenvalue weighted by atomic mass is 19.2. The maximum absolute atomic E-state index is 15.2. The highest BCUT2D eigenvalue weighted by Crippen LogP contribution is 2.43. The third-order valence-electron chi connectivity index (χ3n) is 7.37. The zero-order valence-corrected chi connectivity index (χ0v) is 20.7. The van der Waals surface area contributed by atoms with E-state index in [1.807, 2.05) is 34.9 Å². The van der Waals surface area contributed by atoms with E-state index in [1.165, 1.54) is 12.1 Å². The van der Waals surface area contributed by atoms with E-state index >= 15 is 8.78 Å². The maximum atomic E-state index is 15.2. The van der Waals surface area contributed by atoms with Gasteiger partial charge in [0.25, 0.3) is 0 Å². The highest BCUT2D eigenvalue weighted by Gasteiger charge is 2.30. The van der Waals surface area contributed by atoms with Crippen molar-refractivity contribution >= 4 is 43.6 Å². The molecule has 2 heterocycles. The van der Waals surface area contributed by atoms with Crippen molar-refractivity contribution in [2.45, 2.75) is 0 Å². The van der Waals surface area contributed by atoms with Crippen molar-refractivity contribution in [2.24, 2.45) is 0 Å². The molecule has 0 saturated carbocycles. The molecule has 7 rings (SSSR count). The predicted octanol–water partition coefficient (Wildman–Crippen LogP) is 8.32. The summed E-state index contributed by atoms with van der Waals surface area (Å²) >= 11 is 0. The zero-order valence-electron chi connectivity index (χ0n) is 20.7. The Balaban J connectivity index is 1.75. The van der Waals surface area contributed by atoms with Gasteiger partial charge in [0, 0.05) is 21.5 Å². The molecule has 5 aromatic carbocycles. The molecule has 9 heteroatoms. The fourth-order valence-corrected chi connectivity index (χ4v) is 5.68. The van der Waals surface area contributed by atoms with Crippen molar-refractivity contribution in [1.82, 2.24) is 9.13 Å². The molecule has 0 fully saturated rings. The molecule has 41 heavy (non-hydrogen) atoms. The Bertz CT molecular complexity index is 2320. The fourth-order valence-electron chi connectivity index (χ4n) is 5.68. The van der Waals surface area contributed by atoms with E-state index in [0.29, 0.717) is 33.1 Å². The van der Waals surface area contributed by atoms with Crippen molar-refractivity contribution in [3.05, 3.63) is 119 Å². The first-order chi connectivity index (χ1) is 19.9. The first-order valence-electron chi connectivity index (χ1n) is 12.3. The smallest absolute Gasteiger partial charge is 0.200 e. The minimum atomic E-state index is -2.24. The van der Waals surface area contributed by atoms with E-state index in [0.717, 1.165) is 15.3 Å². The Labute approximate surface area is 227 Å². The summed E-state index contributed by atoms with van der Waals surface area (Å²) in [6.45, 7) is 0. The van der Waals surface area contributed by atoms with Crippen LogP contribution >= 0.6 is 0 Å². The largest absolute Gasteiger partial charge is 0.307 e. The van der Waals surface area contributed by atoms with Crippen LogP contribution in [0.2, 0.25) is 0 Å². The van der Waals surface area contributed by atoms with Gasteiger partial charge in [0.1, 0.15) is 11.8 Å². The molecule has 0 aliphatic carbocycles. The number of rotatable bonds is 2. The first-order valence-corrected chi connectivity index (χ1v) is 12.3. The molecule has 196 valence electrons. The van der Waals surface area contributed by atoms with E-state index in [4.69, 9.17) is 0 Å². The lowest BCUT2D eigenvalue weighted by Crippen LogP contribution is -2.09. The average Bonchev–Trinajstić information content (AvgIpc) is 3.52. The number of nitriles is 2. The molecule has 0 aliphatic rings. The van der Waals surface area contributed by atoms with Gasteiger partial charge in [-0.3, -0.25) is 0 Å². The number of nitrogens with zero attached hydrogens (tertiary/aromatic N) is 4. The van der Waals surface area contributed by atoms with Gasteiger partial charge in [-0.05, 0) is 36.4 Å². The van der Waals surface area contributed by atoms with Crippen LogP contribution in [-0.2, 0) is 0 Å². The van der Waals surface area contributed by atoms with Crippen molar-refractivity contribution in [2.75, 3.05) is 0 Å². The molecule has 0 N–H and O–H groups in total. The standard InChI is InChI=1S/C32H13F5N4/c33-26-27(34)29(36)32(30(37)28(26)35)41-23-8-4-2-6-20(23)25-24(41)12-10-19-18-5-1-3-7-22(18)40(31(19)25)21-11-9-16(14-38)13-17(21)15-39/h1-13H. The SMILES string of the molecule is N#Cc1ccc(-n2c3ccccc3c3ccc4c(c5ccccc5n4-c4c(F)c(F)c(F)c(F)c4F)c32)c(C#N)c1. The monoisotopic (exact) mass is 548 g/mol. The normalized spacial score (nSPS) is 11.5. The Morgan fingerprint density at radius 3 is 1.80 bits per heavy atom. The summed E-state index contributed by atoms with van der Waals surface area (Å²) in [6, 6.07) is 26.1. The molecule has 0 aliphatic heterocycles. The van der Waals surface area contributed by atoms with Gasteiger partial charge in [0.05, 0.1) is 45.0 Å². The van der Waals surface area contributed by atoms with Gasteiger partial charge in [-0.1, -0.05) is 42.5 Å². The summed E-state index contributed by atoms with van der Waals surface area (Å²) in [5.74, 6) is -10.2. The second-order valence-corrected chi connectivity index (χ2v) is 9.44. The summed E-state index contributed by atoms with van der Waals surface area (Å²) in [5.41, 5.74) is 1.55. The van der Waals surface area contributed by atoms with Crippen LogP contribution in [0.4, 0.5) is 22.0 Å². The van der Waals surface area contributed by atoms with Crippen molar-refractivity contribution in [3.8, 4) is 23.5 Å². The van der Waals surface area contributed by atoms with Crippen LogP contribution in [-0.4, -0.2) is 9.13 Å². The van der Waals surface area contributed by atoms with E-state index < -0.39 is 34.8 Å². The van der Waals surface area contributed by atoms with Gasteiger partial charge in [0.2, 0.25) is 5.82 Å². The molecular formula is C32H13F5N4. The molecule has 0 bridgehead atoms. The number of aromatic nitrogens is 2. The second kappa shape index (κ2) is 8.67. The number of benzene rings is 5. The molecule has 0 amide bonds. The van der Waals surface area contributed by atoms with Crippen molar-refractivity contribution in [1.29, 1.82) is 10.5 Å². The van der Waals surface area contributed by atoms with Crippen LogP contribution in [0.3, 0.4) is 0 Å². The van der Waals surface area contributed by atoms with Crippen LogP contribution < -0.4 is 0 Å². The van der Waals surface area contributed by atoms with E-state index in [9.17, 15) is 23.7 Å². The minimum absolute atomic E-state index is 0.193. The average molecular weight is 548 g/mol. The molecule has 0 atom stereocenters. The second-order valence-electron chi connectivity index (χ2n) is 9.44. The van der Waals surface area contributed by atoms with Gasteiger partial charge in [-0.15, -0.1) is 0 Å². The van der Waals surface area contributed by atoms with Gasteiger partial charge in [0.15, 0.2) is 23.3 Å². The number of para-hydroxylation sites is 2. The lowest BCUT2D eigenvalue weighted by Gasteiger charge is -2.13. The number of hydrogen-bond acceptors (Lipinski definition) is 2. The van der Waals surface area contributed by atoms with Crippen LogP contribution in [0.5, 0.6) is 0 Å². The Morgan fingerprint density at radius 1 is 0.537 bits per heavy atom. The van der Waals surface area contributed by atoms with Crippen molar-refractivity contribution in [3.63, 3.8) is 0 Å². The van der Waals surface area contributed by atoms with Gasteiger partial charge < -0.3 is 9.13 Å². The predicted molar refractivity (Wildman–Crippen MR) is 144 cm³/mol. The molecule has 2 aromatic heterocycles. The van der Waals surface area contributed by atoms with Crippen LogP contribution in [0.15, 0.2) is 78.9 Å². The number of fused-ring (bicyclic) bond motifs is 7. The summed E-state index contributed by atoms with van der Waals surface area (Å²) in [5, 5.41) is 21.9. The zero-order chi connectivity index (χ0) is 28.6. The topological polar surface area (TPSA) is 57.4 Å². The molecule has 0 unspecified atom stereocenters. The summed E-state index contributed by atoms with van der Waals surface area (Å²) in [7, 11) is 0. The first kappa shape index (κ1) is 24.4. The number of hydrogen-bond donors (Lipinski definition) is 0. The highest BCUT2D eigenvalue weighted by molar-refractivity contribution is 6.26. The lowest BCUT2D eigenvalue weighted by atomic mass is 10.1. The third-order valence-corrected chi connectivity index (χ3v) is 7.37. The molecular weight excluding hydrogens is 535 g/mol. The molecule has 0 spiro atoms. The Hall–Kier alpha value is -5.67. The lowest BCUT2D eigenvalue weighted by molar-refractivity contribution is 0.376. The molecule has 0 saturated heterocycles. The minimum Gasteiger partial charge on any atom is -0.307 e.